The van der Waals surface area contributed by atoms with E-state index in [1.165, 1.54) is 30.3 Å². The van der Waals surface area contributed by atoms with Crippen molar-refractivity contribution in [2.45, 2.75) is 31.6 Å². The molecule has 4 rings (SSSR count). The molecular weight excluding hydrogens is 431 g/mol. The van der Waals surface area contributed by atoms with Crippen molar-refractivity contribution in [1.29, 1.82) is 0 Å². The molecule has 2 aliphatic rings. The van der Waals surface area contributed by atoms with Crippen LogP contribution in [0.5, 0.6) is 0 Å². The number of amides is 3. The van der Waals surface area contributed by atoms with Gasteiger partial charge in [-0.2, -0.15) is 18.3 Å². The van der Waals surface area contributed by atoms with Gasteiger partial charge in [0.2, 0.25) is 0 Å². The van der Waals surface area contributed by atoms with E-state index in [2.05, 4.69) is 15.4 Å². The van der Waals surface area contributed by atoms with Gasteiger partial charge in [-0.15, -0.1) is 0 Å². The third-order valence-corrected chi connectivity index (χ3v) is 5.49. The number of carbonyl (C=O) groups is 2. The molecule has 0 spiro atoms. The molecule has 2 atom stereocenters. The second-order valence-corrected chi connectivity index (χ2v) is 7.64. The Labute approximate surface area is 180 Å². The average Bonchev–Trinajstić information content (AvgIpc) is 3.14. The number of rotatable bonds is 3. The van der Waals surface area contributed by atoms with Gasteiger partial charge in [-0.3, -0.25) is 14.5 Å². The van der Waals surface area contributed by atoms with Crippen LogP contribution in [0.4, 0.5) is 35.2 Å². The van der Waals surface area contributed by atoms with Crippen LogP contribution in [0.3, 0.4) is 0 Å². The molecule has 2 aliphatic heterocycles. The van der Waals surface area contributed by atoms with E-state index in [-0.39, 0.29) is 23.2 Å². The van der Waals surface area contributed by atoms with Crippen molar-refractivity contribution in [3.05, 3.63) is 40.4 Å². The van der Waals surface area contributed by atoms with Crippen molar-refractivity contribution >= 4 is 29.1 Å². The number of pyridine rings is 1. The minimum atomic E-state index is -4.60. The quantitative estimate of drug-likeness (QED) is 0.731. The van der Waals surface area contributed by atoms with Gasteiger partial charge in [0.1, 0.15) is 17.4 Å². The molecule has 0 aromatic carbocycles. The fourth-order valence-corrected chi connectivity index (χ4v) is 3.73. The number of aryl methyl sites for hydroxylation is 1. The van der Waals surface area contributed by atoms with Gasteiger partial charge in [0.25, 0.3) is 11.5 Å². The van der Waals surface area contributed by atoms with Crippen LogP contribution in [0.2, 0.25) is 0 Å². The van der Waals surface area contributed by atoms with Crippen molar-refractivity contribution in [2.75, 3.05) is 28.2 Å². The van der Waals surface area contributed by atoms with Crippen molar-refractivity contribution in [1.82, 2.24) is 20.1 Å². The molecule has 32 heavy (non-hydrogen) atoms. The molecule has 0 aliphatic carbocycles. The van der Waals surface area contributed by atoms with E-state index in [9.17, 15) is 27.6 Å². The fraction of sp³-hybridized carbons (Fsp3) is 0.421. The Kier molecular flexibility index (Phi) is 5.26. The Morgan fingerprint density at radius 2 is 2.00 bits per heavy atom. The smallest absolute Gasteiger partial charge is 0.366 e. The van der Waals surface area contributed by atoms with Crippen LogP contribution in [0.25, 0.3) is 0 Å². The zero-order valence-corrected chi connectivity index (χ0v) is 17.2. The molecule has 4 heterocycles. The third-order valence-electron chi connectivity index (χ3n) is 5.49. The molecule has 2 aromatic rings. The second kappa shape index (κ2) is 7.80. The maximum absolute atomic E-state index is 13.1. The maximum atomic E-state index is 13.1. The van der Waals surface area contributed by atoms with Crippen LogP contribution < -0.4 is 26.0 Å². The van der Waals surface area contributed by atoms with Crippen LogP contribution in [0.15, 0.2) is 29.2 Å². The zero-order chi connectivity index (χ0) is 23.2. The van der Waals surface area contributed by atoms with Gasteiger partial charge >= 0.3 is 12.2 Å². The second-order valence-electron chi connectivity index (χ2n) is 7.64. The summed E-state index contributed by atoms with van der Waals surface area (Å²) in [5.41, 5.74) is -0.160. The van der Waals surface area contributed by atoms with E-state index in [1.54, 1.807) is 6.07 Å². The van der Waals surface area contributed by atoms with Crippen LogP contribution in [0.1, 0.15) is 23.8 Å². The molecule has 2 N–H and O–H groups in total. The highest BCUT2D eigenvalue weighted by Gasteiger charge is 2.41. The van der Waals surface area contributed by atoms with E-state index in [0.29, 0.717) is 25.2 Å². The first-order chi connectivity index (χ1) is 15.1. The third kappa shape index (κ3) is 3.85. The Balaban J connectivity index is 1.65. The Hall–Kier alpha value is -3.64. The summed E-state index contributed by atoms with van der Waals surface area (Å²) in [6, 6.07) is 1.29. The van der Waals surface area contributed by atoms with E-state index in [4.69, 9.17) is 0 Å². The predicted molar refractivity (Wildman–Crippen MR) is 109 cm³/mol. The van der Waals surface area contributed by atoms with E-state index >= 15 is 0 Å². The molecule has 3 amide bonds. The first-order valence-corrected chi connectivity index (χ1v) is 9.82. The summed E-state index contributed by atoms with van der Waals surface area (Å²) in [5.74, 6) is -0.858. The zero-order valence-electron chi connectivity index (χ0n) is 17.2. The number of urea groups is 1. The normalized spacial score (nSPS) is 18.2. The monoisotopic (exact) mass is 451 g/mol. The van der Waals surface area contributed by atoms with Gasteiger partial charge in [-0.25, -0.2) is 14.5 Å². The highest BCUT2D eigenvalue weighted by Crippen LogP contribution is 2.39. The molecule has 1 saturated heterocycles. The number of carbonyl (C=O) groups excluding carboxylic acids is 2. The van der Waals surface area contributed by atoms with Gasteiger partial charge in [0.05, 0.1) is 11.7 Å². The summed E-state index contributed by atoms with van der Waals surface area (Å²) >= 11 is 0. The van der Waals surface area contributed by atoms with Crippen molar-refractivity contribution in [2.24, 2.45) is 7.05 Å². The topological polar surface area (TPSA) is 112 Å². The minimum Gasteiger partial charge on any atom is -0.366 e. The molecule has 1 fully saturated rings. The van der Waals surface area contributed by atoms with E-state index < -0.39 is 29.7 Å². The number of hydrogen-bond donors (Lipinski definition) is 2. The Morgan fingerprint density at radius 1 is 1.25 bits per heavy atom. The summed E-state index contributed by atoms with van der Waals surface area (Å²) in [4.78, 5) is 45.2. The highest BCUT2D eigenvalue weighted by atomic mass is 19.4. The van der Waals surface area contributed by atoms with E-state index in [1.807, 2.05) is 10.2 Å². The van der Waals surface area contributed by atoms with Crippen LogP contribution in [-0.2, 0) is 7.05 Å². The standard InChI is InChI=1S/C19H20F3N7O3/c1-10(19(20,21)22)24-16(30)12-3-4-14-15(25-12)29(11-6-8-28(14)9-11)18(32)26-13-5-7-23-27(2)17(13)31/h3-5,7,10-11H,6,8-9H2,1-2H3,(H,24,30)(H,26,32)/t10-,11?/m1/s1. The van der Waals surface area contributed by atoms with E-state index in [0.717, 1.165) is 11.6 Å². The lowest BCUT2D eigenvalue weighted by molar-refractivity contribution is -0.149. The highest BCUT2D eigenvalue weighted by molar-refractivity contribution is 6.05. The number of nitrogens with one attached hydrogen (secondary N) is 2. The number of anilines is 3. The van der Waals surface area contributed by atoms with Crippen molar-refractivity contribution < 1.29 is 22.8 Å². The van der Waals surface area contributed by atoms with Gasteiger partial charge in [-0.05, 0) is 31.5 Å². The Morgan fingerprint density at radius 3 is 2.72 bits per heavy atom. The molecule has 170 valence electrons. The lowest BCUT2D eigenvalue weighted by Gasteiger charge is -2.35. The predicted octanol–water partition coefficient (Wildman–Crippen LogP) is 1.49. The number of nitrogens with zero attached hydrogens (tertiary/aromatic N) is 5. The minimum absolute atomic E-state index is 0.0161. The summed E-state index contributed by atoms with van der Waals surface area (Å²) in [7, 11) is 1.44. The molecule has 0 radical (unpaired) electrons. The molecule has 13 heteroatoms. The van der Waals surface area contributed by atoms with Gasteiger partial charge in [0.15, 0.2) is 5.82 Å². The first-order valence-electron chi connectivity index (χ1n) is 9.82. The number of fused-ring (bicyclic) bond motifs is 4. The van der Waals surface area contributed by atoms with Crippen LogP contribution in [0, 0.1) is 0 Å². The summed E-state index contributed by atoms with van der Waals surface area (Å²) in [5, 5.41) is 8.22. The first kappa shape index (κ1) is 21.6. The van der Waals surface area contributed by atoms with Gasteiger partial charge in [0, 0.05) is 26.3 Å². The van der Waals surface area contributed by atoms with Crippen LogP contribution in [-0.4, -0.2) is 58.1 Å². The van der Waals surface area contributed by atoms with Crippen LogP contribution >= 0.6 is 0 Å². The fourth-order valence-electron chi connectivity index (χ4n) is 3.73. The summed E-state index contributed by atoms with van der Waals surface area (Å²) < 4.78 is 39.5. The number of aromatic nitrogens is 3. The summed E-state index contributed by atoms with van der Waals surface area (Å²) in [6.45, 7) is 2.02. The van der Waals surface area contributed by atoms with Crippen molar-refractivity contribution in [3.8, 4) is 0 Å². The van der Waals surface area contributed by atoms with Gasteiger partial charge in [-0.1, -0.05) is 0 Å². The van der Waals surface area contributed by atoms with Crippen molar-refractivity contribution in [3.63, 3.8) is 0 Å². The molecule has 0 saturated carbocycles. The SMILES string of the molecule is C[C@@H](NC(=O)c1ccc2c(n1)N(C(=O)Nc1ccnn(C)c1=O)C1CCN2C1)C(F)(F)F. The molecule has 2 bridgehead atoms. The molecule has 1 unspecified atom stereocenters. The number of halogens is 3. The average molecular weight is 451 g/mol. The molecule has 2 aromatic heterocycles. The molecule has 10 nitrogen and oxygen atoms in total. The van der Waals surface area contributed by atoms with Gasteiger partial charge < -0.3 is 15.5 Å². The lowest BCUT2D eigenvalue weighted by atomic mass is 10.1. The number of alkyl halides is 3. The maximum Gasteiger partial charge on any atom is 0.408 e. The summed E-state index contributed by atoms with van der Waals surface area (Å²) in [6.07, 6.45) is -2.61. The largest absolute Gasteiger partial charge is 0.408 e. The number of hydrogen-bond acceptors (Lipinski definition) is 6. The molecular formula is C19H20F3N7O3. The Bertz CT molecular complexity index is 1130. The lowest BCUT2D eigenvalue weighted by Crippen LogP contribution is -2.49.